The highest BCUT2D eigenvalue weighted by Crippen LogP contribution is 2.22. The molecule has 4 nitrogen and oxygen atoms in total. The van der Waals surface area contributed by atoms with Gasteiger partial charge in [0.1, 0.15) is 0 Å². The molecule has 0 aromatic carbocycles. The summed E-state index contributed by atoms with van der Waals surface area (Å²) in [5, 5.41) is 2.09. The highest BCUT2D eigenvalue weighted by atomic mass is 32.1. The molecule has 0 aliphatic carbocycles. The summed E-state index contributed by atoms with van der Waals surface area (Å²) in [6, 6.07) is 6.24. The number of aromatic nitrogens is 1. The van der Waals surface area contributed by atoms with Crippen LogP contribution in [0.3, 0.4) is 0 Å². The van der Waals surface area contributed by atoms with Gasteiger partial charge in [-0.1, -0.05) is 6.07 Å². The lowest BCUT2D eigenvalue weighted by atomic mass is 10.1. The third-order valence-electron chi connectivity index (χ3n) is 4.76. The molecular formula is C18H24N2O2S. The molecule has 1 amide bonds. The Bertz CT molecular complexity index is 668. The number of piperidine rings is 1. The maximum atomic E-state index is 12.9. The van der Waals surface area contributed by atoms with E-state index in [-0.39, 0.29) is 5.91 Å². The first-order valence-electron chi connectivity index (χ1n) is 8.11. The molecule has 0 bridgehead atoms. The number of thiophene rings is 1. The molecule has 0 saturated carbocycles. The van der Waals surface area contributed by atoms with Crippen molar-refractivity contribution in [3.63, 3.8) is 0 Å². The normalized spacial score (nSPS) is 16.0. The van der Waals surface area contributed by atoms with Gasteiger partial charge in [-0.05, 0) is 44.2 Å². The molecule has 2 aromatic rings. The predicted octanol–water partition coefficient (Wildman–Crippen LogP) is 3.47. The molecule has 23 heavy (non-hydrogen) atoms. The zero-order chi connectivity index (χ0) is 16.4. The largest absolute Gasteiger partial charge is 0.381 e. The number of likely N-dealkylation sites (tertiary alicyclic amines) is 1. The Labute approximate surface area is 141 Å². The van der Waals surface area contributed by atoms with Gasteiger partial charge in [0, 0.05) is 36.5 Å². The van der Waals surface area contributed by atoms with Gasteiger partial charge in [0.15, 0.2) is 0 Å². The molecular weight excluding hydrogens is 308 g/mol. The fourth-order valence-corrected chi connectivity index (χ4v) is 3.98. The van der Waals surface area contributed by atoms with Crippen molar-refractivity contribution in [1.82, 2.24) is 9.47 Å². The Morgan fingerprint density at radius 3 is 2.70 bits per heavy atom. The minimum absolute atomic E-state index is 0.157. The Hall–Kier alpha value is -1.59. The standard InChI is InChI=1S/C18H24N2O2S/c1-13-11-17(14(2)20(13)12-16-5-4-10-23-16)18(21)19-8-6-15(22-3)7-9-19/h4-5,10-11,15H,6-9,12H2,1-3H3. The van der Waals surface area contributed by atoms with Crippen molar-refractivity contribution in [2.45, 2.75) is 39.3 Å². The van der Waals surface area contributed by atoms with E-state index < -0.39 is 0 Å². The van der Waals surface area contributed by atoms with E-state index in [0.29, 0.717) is 6.10 Å². The Morgan fingerprint density at radius 1 is 1.35 bits per heavy atom. The Balaban J connectivity index is 1.76. The number of rotatable bonds is 4. The Morgan fingerprint density at radius 2 is 2.09 bits per heavy atom. The SMILES string of the molecule is COC1CCN(C(=O)c2cc(C)n(Cc3cccs3)c2C)CC1. The van der Waals surface area contributed by atoms with Crippen LogP contribution in [0.5, 0.6) is 0 Å². The lowest BCUT2D eigenvalue weighted by Gasteiger charge is -2.31. The first-order valence-corrected chi connectivity index (χ1v) is 8.99. The van der Waals surface area contributed by atoms with Crippen LogP contribution in [0.2, 0.25) is 0 Å². The monoisotopic (exact) mass is 332 g/mol. The van der Waals surface area contributed by atoms with Crippen molar-refractivity contribution in [2.75, 3.05) is 20.2 Å². The van der Waals surface area contributed by atoms with Gasteiger partial charge in [-0.2, -0.15) is 0 Å². The fraction of sp³-hybridized carbons (Fsp3) is 0.500. The van der Waals surface area contributed by atoms with E-state index in [4.69, 9.17) is 4.74 Å². The number of nitrogens with zero attached hydrogens (tertiary/aromatic N) is 2. The van der Waals surface area contributed by atoms with Crippen LogP contribution in [0.1, 0.15) is 39.5 Å². The topological polar surface area (TPSA) is 34.5 Å². The van der Waals surface area contributed by atoms with Gasteiger partial charge in [0.25, 0.3) is 5.91 Å². The number of methoxy groups -OCH3 is 1. The summed E-state index contributed by atoms with van der Waals surface area (Å²) in [5.74, 6) is 0.157. The number of amides is 1. The van der Waals surface area contributed by atoms with Crippen molar-refractivity contribution in [3.8, 4) is 0 Å². The van der Waals surface area contributed by atoms with Gasteiger partial charge in [-0.25, -0.2) is 0 Å². The van der Waals surface area contributed by atoms with Crippen LogP contribution in [0.4, 0.5) is 0 Å². The zero-order valence-corrected chi connectivity index (χ0v) is 14.9. The lowest BCUT2D eigenvalue weighted by molar-refractivity contribution is 0.0350. The second-order valence-corrected chi connectivity index (χ2v) is 7.21. The van der Waals surface area contributed by atoms with Crippen molar-refractivity contribution in [1.29, 1.82) is 0 Å². The highest BCUT2D eigenvalue weighted by Gasteiger charge is 2.26. The molecule has 1 fully saturated rings. The number of hydrogen-bond acceptors (Lipinski definition) is 3. The second kappa shape index (κ2) is 6.89. The minimum Gasteiger partial charge on any atom is -0.381 e. The molecule has 1 aliphatic heterocycles. The first-order chi connectivity index (χ1) is 11.1. The quantitative estimate of drug-likeness (QED) is 0.859. The average Bonchev–Trinajstić information content (AvgIpc) is 3.18. The van der Waals surface area contributed by atoms with Crippen LogP contribution in [0, 0.1) is 13.8 Å². The van der Waals surface area contributed by atoms with E-state index >= 15 is 0 Å². The van der Waals surface area contributed by atoms with Gasteiger partial charge < -0.3 is 14.2 Å². The van der Waals surface area contributed by atoms with Gasteiger partial charge in [0.05, 0.1) is 18.2 Å². The van der Waals surface area contributed by atoms with E-state index in [1.807, 2.05) is 11.0 Å². The summed E-state index contributed by atoms with van der Waals surface area (Å²) in [6.07, 6.45) is 2.15. The summed E-state index contributed by atoms with van der Waals surface area (Å²) in [6.45, 7) is 6.54. The molecule has 0 N–H and O–H groups in total. The lowest BCUT2D eigenvalue weighted by Crippen LogP contribution is -2.40. The van der Waals surface area contributed by atoms with E-state index in [1.54, 1.807) is 18.4 Å². The summed E-state index contributed by atoms with van der Waals surface area (Å²) < 4.78 is 7.63. The van der Waals surface area contributed by atoms with Crippen LogP contribution in [0.25, 0.3) is 0 Å². The second-order valence-electron chi connectivity index (χ2n) is 6.18. The summed E-state index contributed by atoms with van der Waals surface area (Å²) >= 11 is 1.75. The molecule has 0 radical (unpaired) electrons. The maximum Gasteiger partial charge on any atom is 0.255 e. The van der Waals surface area contributed by atoms with Gasteiger partial charge in [0.2, 0.25) is 0 Å². The van der Waals surface area contributed by atoms with E-state index in [1.165, 1.54) is 4.88 Å². The summed E-state index contributed by atoms with van der Waals surface area (Å²) in [7, 11) is 1.75. The van der Waals surface area contributed by atoms with Gasteiger partial charge in [-0.3, -0.25) is 4.79 Å². The number of carbonyl (C=O) groups excluding carboxylic acids is 1. The van der Waals surface area contributed by atoms with Crippen LogP contribution in [-0.2, 0) is 11.3 Å². The van der Waals surface area contributed by atoms with Gasteiger partial charge in [-0.15, -0.1) is 11.3 Å². The molecule has 2 aromatic heterocycles. The number of aryl methyl sites for hydroxylation is 1. The molecule has 0 unspecified atom stereocenters. The number of hydrogen-bond donors (Lipinski definition) is 0. The predicted molar refractivity (Wildman–Crippen MR) is 93.3 cm³/mol. The molecule has 0 spiro atoms. The van der Waals surface area contributed by atoms with E-state index in [2.05, 4.69) is 35.9 Å². The van der Waals surface area contributed by atoms with E-state index in [9.17, 15) is 4.79 Å². The van der Waals surface area contributed by atoms with Crippen molar-refractivity contribution < 1.29 is 9.53 Å². The Kier molecular flexibility index (Phi) is 4.87. The molecule has 3 heterocycles. The summed E-state index contributed by atoms with van der Waals surface area (Å²) in [5.41, 5.74) is 3.05. The minimum atomic E-state index is 0.157. The summed E-state index contributed by atoms with van der Waals surface area (Å²) in [4.78, 5) is 16.1. The van der Waals surface area contributed by atoms with Crippen LogP contribution in [0.15, 0.2) is 23.6 Å². The van der Waals surface area contributed by atoms with Crippen molar-refractivity contribution in [3.05, 3.63) is 45.4 Å². The zero-order valence-electron chi connectivity index (χ0n) is 14.0. The molecule has 3 rings (SSSR count). The third-order valence-corrected chi connectivity index (χ3v) is 5.62. The number of carbonyl (C=O) groups is 1. The average molecular weight is 332 g/mol. The molecule has 1 aliphatic rings. The van der Waals surface area contributed by atoms with Crippen LogP contribution in [-0.4, -0.2) is 41.7 Å². The van der Waals surface area contributed by atoms with E-state index in [0.717, 1.165) is 49.4 Å². The third kappa shape index (κ3) is 3.35. The van der Waals surface area contributed by atoms with Crippen molar-refractivity contribution in [2.24, 2.45) is 0 Å². The molecule has 0 atom stereocenters. The number of ether oxygens (including phenoxy) is 1. The van der Waals surface area contributed by atoms with Crippen molar-refractivity contribution >= 4 is 17.2 Å². The van der Waals surface area contributed by atoms with Crippen LogP contribution < -0.4 is 0 Å². The smallest absolute Gasteiger partial charge is 0.255 e. The first kappa shape index (κ1) is 16.3. The molecule has 5 heteroatoms. The highest BCUT2D eigenvalue weighted by molar-refractivity contribution is 7.09. The molecule has 1 saturated heterocycles. The fourth-order valence-electron chi connectivity index (χ4n) is 3.28. The van der Waals surface area contributed by atoms with Gasteiger partial charge >= 0.3 is 0 Å². The van der Waals surface area contributed by atoms with Crippen LogP contribution >= 0.6 is 11.3 Å². The molecule has 124 valence electrons. The maximum absolute atomic E-state index is 12.9.